The smallest absolute Gasteiger partial charge is 0.159 e. The first-order valence-electron chi connectivity index (χ1n) is 3.60. The second-order valence-electron chi connectivity index (χ2n) is 2.32. The van der Waals surface area contributed by atoms with Crippen LogP contribution in [0.1, 0.15) is 6.92 Å². The number of hydrogen-bond acceptors (Lipinski definition) is 3. The molecule has 0 atom stereocenters. The number of aromatic hydroxyl groups is 1. The number of para-hydroxylation sites is 1. The Bertz CT molecular complexity index is 278. The predicted octanol–water partition coefficient (Wildman–Crippen LogP) is 2.26. The molecule has 1 aromatic rings. The summed E-state index contributed by atoms with van der Waals surface area (Å²) in [5.74, 6) is -0.0940. The van der Waals surface area contributed by atoms with Gasteiger partial charge < -0.3 is 5.11 Å². The minimum atomic E-state index is -0.0940. The molecule has 1 rings (SSSR count). The molecule has 2 N–H and O–H groups in total. The van der Waals surface area contributed by atoms with Crippen molar-refractivity contribution in [1.82, 2.24) is 0 Å². The molecule has 4 heteroatoms. The number of halogens is 1. The zero-order valence-electron chi connectivity index (χ0n) is 6.66. The number of phenolic OH excluding ortho intramolecular Hbond substituents is 1. The Kier molecular flexibility index (Phi) is 2.78. The fourth-order valence-corrected chi connectivity index (χ4v) is 1.05. The van der Waals surface area contributed by atoms with Crippen molar-refractivity contribution in [2.45, 2.75) is 6.92 Å². The van der Waals surface area contributed by atoms with Gasteiger partial charge in [-0.3, -0.25) is 10.3 Å². The summed E-state index contributed by atoms with van der Waals surface area (Å²) in [6, 6.07) is 4.81. The minimum absolute atomic E-state index is 0.0940. The third-order valence-corrected chi connectivity index (χ3v) is 1.85. The highest BCUT2D eigenvalue weighted by molar-refractivity contribution is 6.32. The molecule has 0 aliphatic rings. The normalized spacial score (nSPS) is 9.92. The van der Waals surface area contributed by atoms with E-state index >= 15 is 0 Å². The van der Waals surface area contributed by atoms with E-state index in [1.54, 1.807) is 25.1 Å². The van der Waals surface area contributed by atoms with Gasteiger partial charge in [0.15, 0.2) is 5.75 Å². The van der Waals surface area contributed by atoms with Crippen molar-refractivity contribution in [3.63, 3.8) is 0 Å². The average molecular weight is 188 g/mol. The number of anilines is 1. The molecular formula is C8H10ClNO2. The van der Waals surface area contributed by atoms with E-state index in [1.165, 1.54) is 0 Å². The number of benzene rings is 1. The van der Waals surface area contributed by atoms with Gasteiger partial charge in [0.2, 0.25) is 0 Å². The monoisotopic (exact) mass is 187 g/mol. The molecule has 0 amide bonds. The van der Waals surface area contributed by atoms with Crippen LogP contribution in [0.5, 0.6) is 5.75 Å². The van der Waals surface area contributed by atoms with Crippen molar-refractivity contribution in [1.29, 1.82) is 0 Å². The number of nitrogens with zero attached hydrogens (tertiary/aromatic N) is 1. The van der Waals surface area contributed by atoms with Crippen molar-refractivity contribution < 1.29 is 10.3 Å². The van der Waals surface area contributed by atoms with E-state index in [0.717, 1.165) is 5.06 Å². The van der Waals surface area contributed by atoms with Crippen LogP contribution in [0.4, 0.5) is 5.69 Å². The third kappa shape index (κ3) is 1.62. The summed E-state index contributed by atoms with van der Waals surface area (Å²) in [6.45, 7) is 2.16. The Labute approximate surface area is 75.8 Å². The van der Waals surface area contributed by atoms with E-state index < -0.39 is 0 Å². The summed E-state index contributed by atoms with van der Waals surface area (Å²) in [7, 11) is 0. The molecule has 0 saturated heterocycles. The first-order valence-corrected chi connectivity index (χ1v) is 3.98. The highest BCUT2D eigenvalue weighted by atomic mass is 35.5. The molecule has 12 heavy (non-hydrogen) atoms. The van der Waals surface area contributed by atoms with Gasteiger partial charge in [-0.1, -0.05) is 17.7 Å². The van der Waals surface area contributed by atoms with Crippen LogP contribution in [-0.4, -0.2) is 16.9 Å². The van der Waals surface area contributed by atoms with E-state index in [0.29, 0.717) is 12.2 Å². The predicted molar refractivity (Wildman–Crippen MR) is 47.9 cm³/mol. The van der Waals surface area contributed by atoms with Gasteiger partial charge in [-0.2, -0.15) is 0 Å². The van der Waals surface area contributed by atoms with Crippen molar-refractivity contribution >= 4 is 17.3 Å². The lowest BCUT2D eigenvalue weighted by Crippen LogP contribution is -2.16. The maximum Gasteiger partial charge on any atom is 0.159 e. The van der Waals surface area contributed by atoms with Crippen LogP contribution >= 0.6 is 11.6 Å². The molecule has 66 valence electrons. The molecule has 0 saturated carbocycles. The lowest BCUT2D eigenvalue weighted by Gasteiger charge is -2.15. The molecule has 0 fully saturated rings. The second kappa shape index (κ2) is 3.65. The molecule has 3 nitrogen and oxygen atoms in total. The van der Waals surface area contributed by atoms with Gasteiger partial charge in [0.1, 0.15) is 5.69 Å². The van der Waals surface area contributed by atoms with Gasteiger partial charge in [-0.05, 0) is 19.1 Å². The van der Waals surface area contributed by atoms with Gasteiger partial charge in [0.25, 0.3) is 0 Å². The van der Waals surface area contributed by atoms with Gasteiger partial charge in [-0.25, -0.2) is 0 Å². The van der Waals surface area contributed by atoms with E-state index in [9.17, 15) is 10.3 Å². The second-order valence-corrected chi connectivity index (χ2v) is 2.73. The standard InChI is InChI=1S/C8H10ClNO2/c1-2-10(12)7-5-3-4-6(9)8(7)11/h3-5,11-12H,2H2,1H3. The first kappa shape index (κ1) is 9.16. The third-order valence-electron chi connectivity index (χ3n) is 1.54. The Morgan fingerprint density at radius 3 is 2.75 bits per heavy atom. The fourth-order valence-electron chi connectivity index (χ4n) is 0.883. The molecule has 0 heterocycles. The molecule has 0 radical (unpaired) electrons. The average Bonchev–Trinajstić information content (AvgIpc) is 2.08. The van der Waals surface area contributed by atoms with Crippen LogP contribution in [0.15, 0.2) is 18.2 Å². The van der Waals surface area contributed by atoms with Gasteiger partial charge in [0, 0.05) is 6.54 Å². The number of rotatable bonds is 2. The van der Waals surface area contributed by atoms with Crippen LogP contribution in [0, 0.1) is 0 Å². The van der Waals surface area contributed by atoms with E-state index in [2.05, 4.69) is 0 Å². The lowest BCUT2D eigenvalue weighted by molar-refractivity contribution is 0.256. The highest BCUT2D eigenvalue weighted by Gasteiger charge is 2.08. The zero-order chi connectivity index (χ0) is 9.14. The quantitative estimate of drug-likeness (QED) is 0.698. The number of hydroxylamine groups is 1. The maximum atomic E-state index is 9.37. The molecule has 1 aromatic carbocycles. The van der Waals surface area contributed by atoms with Gasteiger partial charge in [-0.15, -0.1) is 0 Å². The largest absolute Gasteiger partial charge is 0.504 e. The maximum absolute atomic E-state index is 9.37. The lowest BCUT2D eigenvalue weighted by atomic mass is 10.3. The van der Waals surface area contributed by atoms with E-state index in [4.69, 9.17) is 11.6 Å². The molecule has 0 aliphatic heterocycles. The van der Waals surface area contributed by atoms with Crippen molar-refractivity contribution in [2.24, 2.45) is 0 Å². The van der Waals surface area contributed by atoms with Gasteiger partial charge >= 0.3 is 0 Å². The summed E-state index contributed by atoms with van der Waals surface area (Å²) < 4.78 is 0. The highest BCUT2D eigenvalue weighted by Crippen LogP contribution is 2.32. The summed E-state index contributed by atoms with van der Waals surface area (Å²) >= 11 is 5.63. The Balaban J connectivity index is 3.07. The van der Waals surface area contributed by atoms with Crippen LogP contribution in [0.25, 0.3) is 0 Å². The number of hydrogen-bond donors (Lipinski definition) is 2. The van der Waals surface area contributed by atoms with Crippen LogP contribution in [0.3, 0.4) is 0 Å². The number of phenols is 1. The van der Waals surface area contributed by atoms with E-state index in [1.807, 2.05) is 0 Å². The SMILES string of the molecule is CCN(O)c1cccc(Cl)c1O. The molecule has 0 spiro atoms. The van der Waals surface area contributed by atoms with Crippen LogP contribution < -0.4 is 5.06 Å². The van der Waals surface area contributed by atoms with Crippen LogP contribution in [0.2, 0.25) is 5.02 Å². The van der Waals surface area contributed by atoms with Crippen molar-refractivity contribution in [3.8, 4) is 5.75 Å². The van der Waals surface area contributed by atoms with Gasteiger partial charge in [0.05, 0.1) is 5.02 Å². The summed E-state index contributed by atoms with van der Waals surface area (Å²) in [5, 5.41) is 19.8. The van der Waals surface area contributed by atoms with Crippen molar-refractivity contribution in [2.75, 3.05) is 11.6 Å². The molecule has 0 unspecified atom stereocenters. The van der Waals surface area contributed by atoms with E-state index in [-0.39, 0.29) is 10.8 Å². The fraction of sp³-hybridized carbons (Fsp3) is 0.250. The first-order chi connectivity index (χ1) is 5.66. The topological polar surface area (TPSA) is 43.7 Å². The summed E-state index contributed by atoms with van der Waals surface area (Å²) in [6.07, 6.45) is 0. The Hall–Kier alpha value is -0.930. The summed E-state index contributed by atoms with van der Waals surface area (Å²) in [4.78, 5) is 0. The zero-order valence-corrected chi connectivity index (χ0v) is 7.41. The molecule has 0 aromatic heterocycles. The molecule has 0 bridgehead atoms. The summed E-state index contributed by atoms with van der Waals surface area (Å²) in [5.41, 5.74) is 0.324. The van der Waals surface area contributed by atoms with Crippen molar-refractivity contribution in [3.05, 3.63) is 23.2 Å². The minimum Gasteiger partial charge on any atom is -0.504 e. The molecule has 0 aliphatic carbocycles. The Morgan fingerprint density at radius 2 is 2.17 bits per heavy atom. The Morgan fingerprint density at radius 1 is 1.50 bits per heavy atom. The molecular weight excluding hydrogens is 178 g/mol. The van der Waals surface area contributed by atoms with Crippen LogP contribution in [-0.2, 0) is 0 Å².